The van der Waals surface area contributed by atoms with Gasteiger partial charge in [-0.3, -0.25) is 24.5 Å². The summed E-state index contributed by atoms with van der Waals surface area (Å²) in [6, 6.07) is 13.4. The van der Waals surface area contributed by atoms with Crippen molar-refractivity contribution in [2.75, 3.05) is 11.5 Å². The van der Waals surface area contributed by atoms with Crippen LogP contribution in [0.25, 0.3) is 0 Å². The van der Waals surface area contributed by atoms with Crippen LogP contribution >= 0.6 is 23.2 Å². The van der Waals surface area contributed by atoms with E-state index in [4.69, 9.17) is 27.9 Å². The van der Waals surface area contributed by atoms with Crippen LogP contribution in [-0.2, 0) is 4.74 Å². The average Bonchev–Trinajstić information content (AvgIpc) is 3.09. The number of fused-ring (bicyclic) bond motifs is 1. The first-order valence-corrected chi connectivity index (χ1v) is 10.4. The molecular weight excluding hydrogens is 487 g/mol. The summed E-state index contributed by atoms with van der Waals surface area (Å²) in [4.78, 5) is 61.7. The maximum absolute atomic E-state index is 12.9. The van der Waals surface area contributed by atoms with Crippen molar-refractivity contribution in [1.29, 1.82) is 0 Å². The highest BCUT2D eigenvalue weighted by Crippen LogP contribution is 2.34. The molecule has 3 aromatic rings. The van der Waals surface area contributed by atoms with E-state index in [1.54, 1.807) is 0 Å². The predicted molar refractivity (Wildman–Crippen MR) is 122 cm³/mol. The monoisotopic (exact) mass is 498 g/mol. The van der Waals surface area contributed by atoms with E-state index >= 15 is 0 Å². The molecule has 1 aliphatic rings. The molecule has 0 N–H and O–H groups in total. The summed E-state index contributed by atoms with van der Waals surface area (Å²) in [6.45, 7) is -0.583. The van der Waals surface area contributed by atoms with Crippen LogP contribution in [0.15, 0.2) is 60.7 Å². The van der Waals surface area contributed by atoms with E-state index in [2.05, 4.69) is 0 Å². The average molecular weight is 499 g/mol. The van der Waals surface area contributed by atoms with Gasteiger partial charge in [0.05, 0.1) is 31.8 Å². The van der Waals surface area contributed by atoms with Crippen molar-refractivity contribution in [3.63, 3.8) is 0 Å². The van der Waals surface area contributed by atoms with Crippen LogP contribution in [0.5, 0.6) is 0 Å². The summed E-state index contributed by atoms with van der Waals surface area (Å²) in [5.74, 6) is -3.04. The maximum atomic E-state index is 12.9. The Labute approximate surface area is 201 Å². The van der Waals surface area contributed by atoms with Gasteiger partial charge in [-0.05, 0) is 42.5 Å². The molecule has 34 heavy (non-hydrogen) atoms. The van der Waals surface area contributed by atoms with Gasteiger partial charge in [0, 0.05) is 11.6 Å². The quantitative estimate of drug-likeness (QED) is 0.158. The van der Waals surface area contributed by atoms with E-state index in [1.807, 2.05) is 0 Å². The number of anilines is 1. The van der Waals surface area contributed by atoms with Gasteiger partial charge in [0.1, 0.15) is 5.56 Å². The van der Waals surface area contributed by atoms with Crippen LogP contribution in [-0.4, -0.2) is 35.1 Å². The number of nitrogens with zero attached hydrogens (tertiary/aromatic N) is 2. The molecule has 4 rings (SSSR count). The lowest BCUT2D eigenvalue weighted by Gasteiger charge is -2.14. The fourth-order valence-corrected chi connectivity index (χ4v) is 3.69. The molecule has 0 bridgehead atoms. The van der Waals surface area contributed by atoms with Crippen LogP contribution in [0.3, 0.4) is 0 Å². The molecular formula is C23H12Cl2N2O7. The van der Waals surface area contributed by atoms with E-state index in [-0.39, 0.29) is 38.0 Å². The second-order valence-electron chi connectivity index (χ2n) is 7.08. The molecule has 0 fully saturated rings. The van der Waals surface area contributed by atoms with E-state index < -0.39 is 40.8 Å². The molecule has 9 nitrogen and oxygen atoms in total. The summed E-state index contributed by atoms with van der Waals surface area (Å²) in [5.41, 5.74) is -0.744. The Balaban J connectivity index is 1.53. The molecule has 11 heteroatoms. The second kappa shape index (κ2) is 9.05. The number of ether oxygens (including phenoxy) is 1. The number of imide groups is 1. The summed E-state index contributed by atoms with van der Waals surface area (Å²) < 4.78 is 5.06. The van der Waals surface area contributed by atoms with E-state index in [0.29, 0.717) is 0 Å². The molecule has 1 heterocycles. The number of amides is 2. The van der Waals surface area contributed by atoms with Gasteiger partial charge in [-0.2, -0.15) is 0 Å². The van der Waals surface area contributed by atoms with E-state index in [0.717, 1.165) is 11.0 Å². The number of ketones is 1. The second-order valence-corrected chi connectivity index (χ2v) is 7.90. The van der Waals surface area contributed by atoms with E-state index in [1.165, 1.54) is 54.6 Å². The number of rotatable bonds is 6. The number of nitro benzene ring substituents is 1. The van der Waals surface area contributed by atoms with Crippen LogP contribution in [0.4, 0.5) is 11.4 Å². The molecule has 170 valence electrons. The zero-order chi connectivity index (χ0) is 24.6. The normalized spacial score (nSPS) is 12.5. The minimum absolute atomic E-state index is 0.0192. The number of nitro groups is 1. The lowest BCUT2D eigenvalue weighted by atomic mass is 10.1. The number of carbonyl (C=O) groups is 4. The van der Waals surface area contributed by atoms with Crippen molar-refractivity contribution >= 4 is 58.1 Å². The highest BCUT2D eigenvalue weighted by atomic mass is 35.5. The standard InChI is InChI=1S/C23H12Cl2N2O7/c24-16-8-7-12(10-17(16)25)19(28)11-34-23(31)13-3-1-4-14(9-13)26-21(29)15-5-2-6-18(27(32)33)20(15)22(26)30/h1-10H,11H2. The molecule has 2 amide bonds. The first kappa shape index (κ1) is 23.1. The maximum Gasteiger partial charge on any atom is 0.338 e. The Morgan fingerprint density at radius 3 is 2.35 bits per heavy atom. The number of Topliss-reactive ketones (excluding diaryl/α,β-unsaturated/α-hetero) is 1. The predicted octanol–water partition coefficient (Wildman–Crippen LogP) is 4.74. The summed E-state index contributed by atoms with van der Waals surface area (Å²) >= 11 is 11.7. The lowest BCUT2D eigenvalue weighted by molar-refractivity contribution is -0.385. The Bertz CT molecular complexity index is 1400. The first-order chi connectivity index (χ1) is 16.2. The summed E-state index contributed by atoms with van der Waals surface area (Å²) in [6.07, 6.45) is 0. The van der Waals surface area contributed by atoms with Crippen LogP contribution in [0.1, 0.15) is 41.4 Å². The number of hydrogen-bond acceptors (Lipinski definition) is 7. The molecule has 0 saturated carbocycles. The fraction of sp³-hybridized carbons (Fsp3) is 0.0435. The van der Waals surface area contributed by atoms with Gasteiger partial charge < -0.3 is 4.74 Å². The SMILES string of the molecule is O=C(COC(=O)c1cccc(N2C(=O)c3cccc([N+](=O)[O-])c3C2=O)c1)c1ccc(Cl)c(Cl)c1. The Morgan fingerprint density at radius 1 is 0.912 bits per heavy atom. The number of carbonyl (C=O) groups excluding carboxylic acids is 4. The van der Waals surface area contributed by atoms with E-state index in [9.17, 15) is 29.3 Å². The van der Waals surface area contributed by atoms with Gasteiger partial charge >= 0.3 is 5.97 Å². The molecule has 3 aromatic carbocycles. The summed E-state index contributed by atoms with van der Waals surface area (Å²) in [5, 5.41) is 11.7. The van der Waals surface area contributed by atoms with Crippen LogP contribution < -0.4 is 4.90 Å². The molecule has 0 radical (unpaired) electrons. The fourth-order valence-electron chi connectivity index (χ4n) is 3.39. The highest BCUT2D eigenvalue weighted by Gasteiger charge is 2.41. The largest absolute Gasteiger partial charge is 0.454 e. The minimum atomic E-state index is -0.882. The van der Waals surface area contributed by atoms with Crippen molar-refractivity contribution < 1.29 is 28.8 Å². The lowest BCUT2D eigenvalue weighted by Crippen LogP contribution is -2.29. The van der Waals surface area contributed by atoms with Gasteiger partial charge in [-0.25, -0.2) is 9.69 Å². The van der Waals surface area contributed by atoms with Crippen LogP contribution in [0.2, 0.25) is 10.0 Å². The first-order valence-electron chi connectivity index (χ1n) is 9.60. The number of benzene rings is 3. The molecule has 0 saturated heterocycles. The third-order valence-corrected chi connectivity index (χ3v) is 5.74. The van der Waals surface area contributed by atoms with Gasteiger partial charge in [0.2, 0.25) is 0 Å². The van der Waals surface area contributed by atoms with Crippen LogP contribution in [0, 0.1) is 10.1 Å². The Kier molecular flexibility index (Phi) is 6.14. The van der Waals surface area contributed by atoms with Crippen molar-refractivity contribution in [3.8, 4) is 0 Å². The van der Waals surface area contributed by atoms with Crippen molar-refractivity contribution in [2.45, 2.75) is 0 Å². The highest BCUT2D eigenvalue weighted by molar-refractivity contribution is 6.42. The molecule has 0 unspecified atom stereocenters. The molecule has 0 spiro atoms. The van der Waals surface area contributed by atoms with Crippen molar-refractivity contribution in [3.05, 3.63) is 103 Å². The van der Waals surface area contributed by atoms with Gasteiger partial charge in [0.25, 0.3) is 17.5 Å². The van der Waals surface area contributed by atoms with Gasteiger partial charge in [-0.1, -0.05) is 35.3 Å². The summed E-state index contributed by atoms with van der Waals surface area (Å²) in [7, 11) is 0. The molecule has 1 aliphatic heterocycles. The Hall–Kier alpha value is -4.08. The van der Waals surface area contributed by atoms with Gasteiger partial charge in [-0.15, -0.1) is 0 Å². The number of hydrogen-bond donors (Lipinski definition) is 0. The topological polar surface area (TPSA) is 124 Å². The van der Waals surface area contributed by atoms with Crippen molar-refractivity contribution in [1.82, 2.24) is 0 Å². The number of esters is 1. The molecule has 0 aromatic heterocycles. The zero-order valence-corrected chi connectivity index (χ0v) is 18.5. The minimum Gasteiger partial charge on any atom is -0.454 e. The zero-order valence-electron chi connectivity index (χ0n) is 17.0. The molecule has 0 atom stereocenters. The van der Waals surface area contributed by atoms with Crippen molar-refractivity contribution in [2.24, 2.45) is 0 Å². The molecule has 0 aliphatic carbocycles. The third kappa shape index (κ3) is 4.14. The Morgan fingerprint density at radius 2 is 1.65 bits per heavy atom. The smallest absolute Gasteiger partial charge is 0.338 e. The van der Waals surface area contributed by atoms with Gasteiger partial charge in [0.15, 0.2) is 12.4 Å². The third-order valence-electron chi connectivity index (χ3n) is 5.01. The number of halogens is 2.